The molecule has 1 unspecified atom stereocenters. The van der Waals surface area contributed by atoms with E-state index in [0.29, 0.717) is 12.5 Å². The summed E-state index contributed by atoms with van der Waals surface area (Å²) in [5, 5.41) is 8.84. The topological polar surface area (TPSA) is 48.6 Å². The summed E-state index contributed by atoms with van der Waals surface area (Å²) in [6, 6.07) is 0. The third-order valence-electron chi connectivity index (χ3n) is 2.18. The van der Waals surface area contributed by atoms with Crippen LogP contribution in [0, 0.1) is 6.92 Å². The standard InChI is InChI=1S/C9H13N3O2S/c1-5-4-13-11-8(14-5)7-6(2)10-12(3)9(7)15/h5,15H,4H2,1-3H3. The SMILES string of the molecule is Cc1nn(C)c(S)c1C1=NOCC(C)O1. The number of oxime groups is 1. The fourth-order valence-corrected chi connectivity index (χ4v) is 1.75. The van der Waals surface area contributed by atoms with Crippen molar-refractivity contribution in [3.8, 4) is 0 Å². The zero-order valence-electron chi connectivity index (χ0n) is 8.89. The van der Waals surface area contributed by atoms with E-state index in [1.54, 1.807) is 4.68 Å². The van der Waals surface area contributed by atoms with Crippen molar-refractivity contribution in [3.05, 3.63) is 11.3 Å². The van der Waals surface area contributed by atoms with E-state index in [-0.39, 0.29) is 6.10 Å². The maximum absolute atomic E-state index is 5.57. The van der Waals surface area contributed by atoms with Crippen LogP contribution in [0.3, 0.4) is 0 Å². The minimum absolute atomic E-state index is 0.00448. The van der Waals surface area contributed by atoms with Crippen LogP contribution in [0.25, 0.3) is 0 Å². The highest BCUT2D eigenvalue weighted by molar-refractivity contribution is 7.80. The normalized spacial score (nSPS) is 20.5. The highest BCUT2D eigenvalue weighted by Gasteiger charge is 2.23. The lowest BCUT2D eigenvalue weighted by Crippen LogP contribution is -2.25. The average molecular weight is 227 g/mol. The van der Waals surface area contributed by atoms with Gasteiger partial charge in [-0.25, -0.2) is 0 Å². The molecule has 1 aliphatic rings. The molecule has 0 aromatic carbocycles. The second-order valence-electron chi connectivity index (χ2n) is 3.53. The second kappa shape index (κ2) is 3.77. The van der Waals surface area contributed by atoms with Crippen molar-refractivity contribution in [3.63, 3.8) is 0 Å². The van der Waals surface area contributed by atoms with Crippen molar-refractivity contribution in [2.24, 2.45) is 12.2 Å². The molecule has 2 rings (SSSR count). The minimum Gasteiger partial charge on any atom is -0.468 e. The van der Waals surface area contributed by atoms with Crippen molar-refractivity contribution in [2.45, 2.75) is 25.0 Å². The van der Waals surface area contributed by atoms with Gasteiger partial charge in [0.05, 0.1) is 11.3 Å². The van der Waals surface area contributed by atoms with Crippen LogP contribution in [0.4, 0.5) is 0 Å². The third kappa shape index (κ3) is 1.81. The molecule has 0 N–H and O–H groups in total. The fraction of sp³-hybridized carbons (Fsp3) is 0.556. The molecule has 2 heterocycles. The third-order valence-corrected chi connectivity index (χ3v) is 2.69. The van der Waals surface area contributed by atoms with E-state index in [1.165, 1.54) is 0 Å². The summed E-state index contributed by atoms with van der Waals surface area (Å²) < 4.78 is 7.25. The Morgan fingerprint density at radius 3 is 2.80 bits per heavy atom. The monoisotopic (exact) mass is 227 g/mol. The van der Waals surface area contributed by atoms with Gasteiger partial charge in [0.1, 0.15) is 11.1 Å². The molecule has 1 aromatic heterocycles. The maximum atomic E-state index is 5.57. The zero-order valence-corrected chi connectivity index (χ0v) is 9.78. The maximum Gasteiger partial charge on any atom is 0.262 e. The summed E-state index contributed by atoms with van der Waals surface area (Å²) >= 11 is 4.36. The highest BCUT2D eigenvalue weighted by Crippen LogP contribution is 2.20. The van der Waals surface area contributed by atoms with Crippen LogP contribution in [0.2, 0.25) is 0 Å². The Labute approximate surface area is 93.5 Å². The average Bonchev–Trinajstić information content (AvgIpc) is 2.41. The molecular formula is C9H13N3O2S. The van der Waals surface area contributed by atoms with Gasteiger partial charge in [0, 0.05) is 7.05 Å². The molecular weight excluding hydrogens is 214 g/mol. The molecule has 0 bridgehead atoms. The largest absolute Gasteiger partial charge is 0.468 e. The van der Waals surface area contributed by atoms with Crippen molar-refractivity contribution < 1.29 is 9.57 Å². The minimum atomic E-state index is 0.00448. The van der Waals surface area contributed by atoms with Crippen LogP contribution in [0.5, 0.6) is 0 Å². The van der Waals surface area contributed by atoms with Gasteiger partial charge >= 0.3 is 0 Å². The van der Waals surface area contributed by atoms with E-state index in [9.17, 15) is 0 Å². The van der Waals surface area contributed by atoms with Gasteiger partial charge in [-0.05, 0) is 19.0 Å². The first-order valence-electron chi connectivity index (χ1n) is 4.69. The molecule has 6 heteroatoms. The molecule has 0 spiro atoms. The molecule has 0 saturated carbocycles. The van der Waals surface area contributed by atoms with E-state index in [4.69, 9.17) is 9.57 Å². The van der Waals surface area contributed by atoms with E-state index in [0.717, 1.165) is 16.3 Å². The number of aryl methyl sites for hydroxylation is 2. The molecule has 0 radical (unpaired) electrons. The van der Waals surface area contributed by atoms with Crippen molar-refractivity contribution in [1.82, 2.24) is 9.78 Å². The summed E-state index contributed by atoms with van der Waals surface area (Å²) in [6.07, 6.45) is 0.00448. The predicted molar refractivity (Wildman–Crippen MR) is 58.2 cm³/mol. The van der Waals surface area contributed by atoms with Crippen LogP contribution >= 0.6 is 12.6 Å². The summed E-state index contributed by atoms with van der Waals surface area (Å²) in [5.41, 5.74) is 1.63. The summed E-state index contributed by atoms with van der Waals surface area (Å²) in [4.78, 5) is 5.06. The molecule has 1 aromatic rings. The summed E-state index contributed by atoms with van der Waals surface area (Å²) in [6.45, 7) is 4.30. The summed E-state index contributed by atoms with van der Waals surface area (Å²) in [5.74, 6) is 0.462. The molecule has 0 saturated heterocycles. The number of hydrogen-bond acceptors (Lipinski definition) is 5. The first-order valence-corrected chi connectivity index (χ1v) is 5.14. The molecule has 15 heavy (non-hydrogen) atoms. The number of thiol groups is 1. The number of rotatable bonds is 1. The second-order valence-corrected chi connectivity index (χ2v) is 3.95. The van der Waals surface area contributed by atoms with Crippen molar-refractivity contribution in [1.29, 1.82) is 0 Å². The predicted octanol–water partition coefficient (Wildman–Crippen LogP) is 1.11. The van der Waals surface area contributed by atoms with Crippen LogP contribution < -0.4 is 0 Å². The van der Waals surface area contributed by atoms with Gasteiger partial charge in [0.15, 0.2) is 6.61 Å². The lowest BCUT2D eigenvalue weighted by atomic mass is 10.2. The first kappa shape index (κ1) is 10.4. The lowest BCUT2D eigenvalue weighted by molar-refractivity contribution is 0.0194. The van der Waals surface area contributed by atoms with Gasteiger partial charge in [-0.15, -0.1) is 12.6 Å². The van der Waals surface area contributed by atoms with Gasteiger partial charge in [-0.3, -0.25) is 4.68 Å². The molecule has 82 valence electrons. The van der Waals surface area contributed by atoms with Crippen LogP contribution in [0.1, 0.15) is 18.2 Å². The van der Waals surface area contributed by atoms with Crippen LogP contribution in [0.15, 0.2) is 10.2 Å². The van der Waals surface area contributed by atoms with Gasteiger partial charge in [-0.2, -0.15) is 5.10 Å². The Morgan fingerprint density at radius 2 is 2.27 bits per heavy atom. The van der Waals surface area contributed by atoms with Gasteiger partial charge in [0.2, 0.25) is 0 Å². The molecule has 1 aliphatic heterocycles. The first-order chi connectivity index (χ1) is 7.09. The fourth-order valence-electron chi connectivity index (χ4n) is 1.45. The molecule has 0 fully saturated rings. The summed E-state index contributed by atoms with van der Waals surface area (Å²) in [7, 11) is 1.83. The Bertz CT molecular complexity index is 414. The van der Waals surface area contributed by atoms with Crippen LogP contribution in [-0.4, -0.2) is 28.4 Å². The Morgan fingerprint density at radius 1 is 1.53 bits per heavy atom. The molecule has 5 nitrogen and oxygen atoms in total. The molecule has 0 aliphatic carbocycles. The highest BCUT2D eigenvalue weighted by atomic mass is 32.1. The van der Waals surface area contributed by atoms with E-state index in [1.807, 2.05) is 20.9 Å². The van der Waals surface area contributed by atoms with Crippen molar-refractivity contribution >= 4 is 18.5 Å². The number of ether oxygens (including phenoxy) is 1. The number of hydrogen-bond donors (Lipinski definition) is 1. The molecule has 0 amide bonds. The quantitative estimate of drug-likeness (QED) is 0.731. The van der Waals surface area contributed by atoms with E-state index < -0.39 is 0 Å². The lowest BCUT2D eigenvalue weighted by Gasteiger charge is -2.19. The van der Waals surface area contributed by atoms with Gasteiger partial charge in [-0.1, -0.05) is 0 Å². The van der Waals surface area contributed by atoms with Crippen LogP contribution in [-0.2, 0) is 16.6 Å². The Balaban J connectivity index is 2.41. The Hall–Kier alpha value is -1.17. The number of nitrogens with zero attached hydrogens (tertiary/aromatic N) is 3. The van der Waals surface area contributed by atoms with E-state index in [2.05, 4.69) is 22.9 Å². The zero-order chi connectivity index (χ0) is 11.0. The van der Waals surface area contributed by atoms with Gasteiger partial charge in [0.25, 0.3) is 5.90 Å². The van der Waals surface area contributed by atoms with E-state index >= 15 is 0 Å². The smallest absolute Gasteiger partial charge is 0.262 e. The van der Waals surface area contributed by atoms with Crippen molar-refractivity contribution in [2.75, 3.05) is 6.61 Å². The van der Waals surface area contributed by atoms with Gasteiger partial charge < -0.3 is 9.57 Å². The molecule has 1 atom stereocenters. The Kier molecular flexibility index (Phi) is 2.60. The number of aromatic nitrogens is 2.